The molecule has 2 aromatic rings. The van der Waals surface area contributed by atoms with Crippen LogP contribution in [0.3, 0.4) is 0 Å². The van der Waals surface area contributed by atoms with Crippen molar-refractivity contribution >= 4 is 11.9 Å². The first-order valence-electron chi connectivity index (χ1n) is 8.55. The summed E-state index contributed by atoms with van der Waals surface area (Å²) in [7, 11) is 0. The number of hydrogen-bond donors (Lipinski definition) is 2. The minimum absolute atomic E-state index is 0.0261. The third kappa shape index (κ3) is 5.17. The van der Waals surface area contributed by atoms with Gasteiger partial charge in [-0.15, -0.1) is 0 Å². The summed E-state index contributed by atoms with van der Waals surface area (Å²) >= 11 is 0. The number of aliphatic carboxylic acids is 1. The Morgan fingerprint density at radius 1 is 1.20 bits per heavy atom. The van der Waals surface area contributed by atoms with Crippen molar-refractivity contribution in [2.45, 2.75) is 52.1 Å². The second-order valence-corrected chi connectivity index (χ2v) is 6.31. The summed E-state index contributed by atoms with van der Waals surface area (Å²) < 4.78 is 1.47. The molecule has 0 aliphatic carbocycles. The van der Waals surface area contributed by atoms with Gasteiger partial charge in [-0.1, -0.05) is 38.1 Å². The molecule has 1 heterocycles. The standard InChI is InChI=1S/C19H25N3O3/c1-4-13(2)15-5-7-16(8-6-15)14(3)21-19(25)17-11-20-22(12-17)10-9-18(23)24/h5-8,11-14H,4,9-10H2,1-3H3,(H,21,25)(H,23,24). The highest BCUT2D eigenvalue weighted by Crippen LogP contribution is 2.21. The number of carboxylic acid groups (broad SMARTS) is 1. The van der Waals surface area contributed by atoms with E-state index in [9.17, 15) is 9.59 Å². The van der Waals surface area contributed by atoms with Gasteiger partial charge in [-0.25, -0.2) is 0 Å². The number of amides is 1. The number of nitrogens with one attached hydrogen (secondary N) is 1. The molecule has 2 rings (SSSR count). The summed E-state index contributed by atoms with van der Waals surface area (Å²) in [4.78, 5) is 22.9. The molecule has 1 aromatic carbocycles. The lowest BCUT2D eigenvalue weighted by Crippen LogP contribution is -2.26. The lowest BCUT2D eigenvalue weighted by molar-refractivity contribution is -0.137. The van der Waals surface area contributed by atoms with Crippen molar-refractivity contribution in [3.05, 3.63) is 53.3 Å². The van der Waals surface area contributed by atoms with Gasteiger partial charge in [0, 0.05) is 6.20 Å². The maximum absolute atomic E-state index is 12.3. The zero-order valence-corrected chi connectivity index (χ0v) is 14.9. The Balaban J connectivity index is 1.96. The van der Waals surface area contributed by atoms with Crippen molar-refractivity contribution in [3.63, 3.8) is 0 Å². The fraction of sp³-hybridized carbons (Fsp3) is 0.421. The fourth-order valence-corrected chi connectivity index (χ4v) is 2.53. The molecule has 0 fully saturated rings. The molecule has 2 atom stereocenters. The quantitative estimate of drug-likeness (QED) is 0.770. The van der Waals surface area contributed by atoms with Crippen LogP contribution in [0.4, 0.5) is 0 Å². The van der Waals surface area contributed by atoms with E-state index in [1.54, 1.807) is 6.20 Å². The fourth-order valence-electron chi connectivity index (χ4n) is 2.53. The van der Waals surface area contributed by atoms with Gasteiger partial charge >= 0.3 is 5.97 Å². The number of aromatic nitrogens is 2. The molecule has 0 saturated heterocycles. The van der Waals surface area contributed by atoms with Gasteiger partial charge in [0.1, 0.15) is 0 Å². The van der Waals surface area contributed by atoms with Crippen LogP contribution in [0.1, 0.15) is 67.1 Å². The van der Waals surface area contributed by atoms with Gasteiger partial charge in [-0.05, 0) is 30.4 Å². The minimum Gasteiger partial charge on any atom is -0.481 e. The summed E-state index contributed by atoms with van der Waals surface area (Å²) in [5.74, 6) is -0.591. The molecular weight excluding hydrogens is 318 g/mol. The molecule has 0 spiro atoms. The topological polar surface area (TPSA) is 84.2 Å². The Morgan fingerprint density at radius 2 is 1.84 bits per heavy atom. The van der Waals surface area contributed by atoms with Crippen molar-refractivity contribution < 1.29 is 14.7 Å². The van der Waals surface area contributed by atoms with E-state index in [0.717, 1.165) is 12.0 Å². The smallest absolute Gasteiger partial charge is 0.305 e. The van der Waals surface area contributed by atoms with Gasteiger partial charge < -0.3 is 10.4 Å². The van der Waals surface area contributed by atoms with Crippen LogP contribution in [0.2, 0.25) is 0 Å². The van der Waals surface area contributed by atoms with Crippen LogP contribution in [0, 0.1) is 0 Å². The van der Waals surface area contributed by atoms with Crippen molar-refractivity contribution in [3.8, 4) is 0 Å². The number of rotatable bonds is 8. The third-order valence-corrected chi connectivity index (χ3v) is 4.42. The summed E-state index contributed by atoms with van der Waals surface area (Å²) in [5, 5.41) is 15.7. The van der Waals surface area contributed by atoms with Crippen LogP contribution in [0.5, 0.6) is 0 Å². The van der Waals surface area contributed by atoms with E-state index in [2.05, 4.69) is 36.4 Å². The van der Waals surface area contributed by atoms with Crippen LogP contribution in [-0.2, 0) is 11.3 Å². The van der Waals surface area contributed by atoms with E-state index in [4.69, 9.17) is 5.11 Å². The Labute approximate surface area is 147 Å². The van der Waals surface area contributed by atoms with E-state index in [-0.39, 0.29) is 24.9 Å². The van der Waals surface area contributed by atoms with Gasteiger partial charge in [0.05, 0.1) is 30.8 Å². The van der Waals surface area contributed by atoms with Crippen molar-refractivity contribution in [1.82, 2.24) is 15.1 Å². The predicted octanol–water partition coefficient (Wildman–Crippen LogP) is 3.36. The van der Waals surface area contributed by atoms with E-state index in [1.807, 2.05) is 19.1 Å². The first-order chi connectivity index (χ1) is 11.9. The monoisotopic (exact) mass is 343 g/mol. The van der Waals surface area contributed by atoms with Crippen LogP contribution < -0.4 is 5.32 Å². The van der Waals surface area contributed by atoms with Crippen molar-refractivity contribution in [1.29, 1.82) is 0 Å². The highest BCUT2D eigenvalue weighted by Gasteiger charge is 2.14. The largest absolute Gasteiger partial charge is 0.481 e. The summed E-state index contributed by atoms with van der Waals surface area (Å²) in [6, 6.07) is 8.18. The average molecular weight is 343 g/mol. The number of nitrogens with zero attached hydrogens (tertiary/aromatic N) is 2. The second kappa shape index (κ2) is 8.46. The number of carboxylic acids is 1. The van der Waals surface area contributed by atoms with Gasteiger partial charge in [0.2, 0.25) is 0 Å². The van der Waals surface area contributed by atoms with Crippen LogP contribution in [-0.4, -0.2) is 26.8 Å². The van der Waals surface area contributed by atoms with Gasteiger partial charge in [-0.3, -0.25) is 14.3 Å². The lowest BCUT2D eigenvalue weighted by Gasteiger charge is -2.15. The summed E-state index contributed by atoms with van der Waals surface area (Å²) in [6.07, 6.45) is 4.09. The molecule has 0 aliphatic heterocycles. The summed E-state index contributed by atoms with van der Waals surface area (Å²) in [5.41, 5.74) is 2.76. The van der Waals surface area contributed by atoms with Crippen LogP contribution in [0.15, 0.2) is 36.7 Å². The molecule has 2 N–H and O–H groups in total. The van der Waals surface area contributed by atoms with E-state index < -0.39 is 5.97 Å². The Bertz CT molecular complexity index is 722. The molecule has 25 heavy (non-hydrogen) atoms. The normalized spacial score (nSPS) is 13.2. The molecule has 0 aliphatic rings. The van der Waals surface area contributed by atoms with Gasteiger partial charge in [0.15, 0.2) is 0 Å². The average Bonchev–Trinajstić information content (AvgIpc) is 3.08. The molecule has 1 aromatic heterocycles. The molecular formula is C19H25N3O3. The Morgan fingerprint density at radius 3 is 2.44 bits per heavy atom. The van der Waals surface area contributed by atoms with Crippen LogP contribution in [0.25, 0.3) is 0 Å². The first kappa shape index (κ1) is 18.7. The molecule has 134 valence electrons. The SMILES string of the molecule is CCC(C)c1ccc(C(C)NC(=O)c2cnn(CCC(=O)O)c2)cc1. The van der Waals surface area contributed by atoms with E-state index in [1.165, 1.54) is 16.4 Å². The van der Waals surface area contributed by atoms with Crippen molar-refractivity contribution in [2.75, 3.05) is 0 Å². The number of carbonyl (C=O) groups is 2. The summed E-state index contributed by atoms with van der Waals surface area (Å²) in [6.45, 7) is 6.54. The second-order valence-electron chi connectivity index (χ2n) is 6.31. The zero-order chi connectivity index (χ0) is 18.4. The maximum atomic E-state index is 12.3. The third-order valence-electron chi connectivity index (χ3n) is 4.42. The Kier molecular flexibility index (Phi) is 6.33. The number of aryl methyl sites for hydroxylation is 1. The van der Waals surface area contributed by atoms with Gasteiger partial charge in [0.25, 0.3) is 5.91 Å². The zero-order valence-electron chi connectivity index (χ0n) is 14.9. The number of hydrogen-bond acceptors (Lipinski definition) is 3. The van der Waals surface area contributed by atoms with Crippen molar-refractivity contribution in [2.24, 2.45) is 0 Å². The predicted molar refractivity (Wildman–Crippen MR) is 95.5 cm³/mol. The molecule has 6 nitrogen and oxygen atoms in total. The van der Waals surface area contributed by atoms with Gasteiger partial charge in [-0.2, -0.15) is 5.10 Å². The Hall–Kier alpha value is -2.63. The highest BCUT2D eigenvalue weighted by molar-refractivity contribution is 5.93. The molecule has 0 radical (unpaired) electrons. The molecule has 0 bridgehead atoms. The lowest BCUT2D eigenvalue weighted by atomic mass is 9.96. The van der Waals surface area contributed by atoms with Crippen LogP contribution >= 0.6 is 0 Å². The first-order valence-corrected chi connectivity index (χ1v) is 8.55. The molecule has 1 amide bonds. The maximum Gasteiger partial charge on any atom is 0.305 e. The molecule has 2 unspecified atom stereocenters. The van der Waals surface area contributed by atoms with E-state index >= 15 is 0 Å². The van der Waals surface area contributed by atoms with E-state index in [0.29, 0.717) is 11.5 Å². The highest BCUT2D eigenvalue weighted by atomic mass is 16.4. The molecule has 0 saturated carbocycles. The minimum atomic E-state index is -0.893. The molecule has 6 heteroatoms. The number of benzene rings is 1. The number of carbonyl (C=O) groups excluding carboxylic acids is 1.